The van der Waals surface area contributed by atoms with Crippen LogP contribution < -0.4 is 4.89 Å². The monoisotopic (exact) mass is 207 g/mol. The minimum Gasteiger partial charge on any atom is -0.777 e. The van der Waals surface area contributed by atoms with Crippen molar-refractivity contribution in [3.05, 3.63) is 11.6 Å². The molecule has 0 aliphatic carbocycles. The van der Waals surface area contributed by atoms with Crippen LogP contribution in [0.4, 0.5) is 0 Å². The molecule has 0 amide bonds. The lowest BCUT2D eigenvalue weighted by Crippen LogP contribution is -2.21. The number of cyclic esters (lactones) is 2. The van der Waals surface area contributed by atoms with E-state index in [2.05, 4.69) is 4.74 Å². The van der Waals surface area contributed by atoms with Crippen molar-refractivity contribution < 1.29 is 33.8 Å². The van der Waals surface area contributed by atoms with Gasteiger partial charge in [-0.2, -0.15) is 0 Å². The van der Waals surface area contributed by atoms with E-state index < -0.39 is 31.0 Å². The fourth-order valence-corrected chi connectivity index (χ4v) is 1.25. The van der Waals surface area contributed by atoms with Gasteiger partial charge in [-0.3, -0.25) is 0 Å². The quantitative estimate of drug-likeness (QED) is 0.300. The van der Waals surface area contributed by atoms with Crippen LogP contribution in [0.5, 0.6) is 0 Å². The standard InChI is InChI=1S/C5H5O7P/c6-3-1-2(4(7)12-3)5(8)13(9,10)11/h1,5,8H,(H2,9,10,11)/p-1. The number of aliphatic hydroxyl groups excluding tert-OH is 1. The van der Waals surface area contributed by atoms with Gasteiger partial charge < -0.3 is 24.2 Å². The Hall–Kier alpha value is -1.01. The topological polar surface area (TPSA) is 124 Å². The highest BCUT2D eigenvalue weighted by atomic mass is 31.2. The minimum absolute atomic E-state index is 0.508. The summed E-state index contributed by atoms with van der Waals surface area (Å²) in [5.41, 5.74) is -0.786. The molecule has 2 atom stereocenters. The van der Waals surface area contributed by atoms with Crippen LogP contribution in [0.25, 0.3) is 0 Å². The van der Waals surface area contributed by atoms with E-state index in [4.69, 9.17) is 10.00 Å². The molecule has 1 aliphatic heterocycles. The van der Waals surface area contributed by atoms with Crippen LogP contribution in [-0.2, 0) is 18.9 Å². The zero-order valence-electron chi connectivity index (χ0n) is 6.04. The second kappa shape index (κ2) is 3.04. The molecule has 0 aromatic rings. The van der Waals surface area contributed by atoms with Crippen LogP contribution in [0.3, 0.4) is 0 Å². The number of rotatable bonds is 2. The summed E-state index contributed by atoms with van der Waals surface area (Å²) >= 11 is 0. The molecule has 0 aromatic carbocycles. The first-order valence-corrected chi connectivity index (χ1v) is 4.66. The molecule has 1 heterocycles. The summed E-state index contributed by atoms with van der Waals surface area (Å²) in [4.78, 5) is 39.7. The molecule has 0 spiro atoms. The van der Waals surface area contributed by atoms with Gasteiger partial charge in [0.15, 0.2) is 7.60 Å². The Labute approximate surface area is 71.8 Å². The van der Waals surface area contributed by atoms with Gasteiger partial charge in [-0.1, -0.05) is 0 Å². The van der Waals surface area contributed by atoms with Crippen molar-refractivity contribution in [3.8, 4) is 0 Å². The van der Waals surface area contributed by atoms with Gasteiger partial charge in [0.25, 0.3) is 0 Å². The number of hydrogen-bond donors (Lipinski definition) is 2. The van der Waals surface area contributed by atoms with E-state index in [-0.39, 0.29) is 0 Å². The molecular formula is C5H4O7P-. The predicted octanol–water partition coefficient (Wildman–Crippen LogP) is -2.14. The van der Waals surface area contributed by atoms with Gasteiger partial charge in [0.1, 0.15) is 5.85 Å². The molecule has 13 heavy (non-hydrogen) atoms. The lowest BCUT2D eigenvalue weighted by molar-refractivity contribution is -0.201. The molecule has 2 N–H and O–H groups in total. The van der Waals surface area contributed by atoms with Crippen LogP contribution in [-0.4, -0.2) is 27.8 Å². The molecule has 72 valence electrons. The van der Waals surface area contributed by atoms with Gasteiger partial charge in [0.2, 0.25) is 0 Å². The Balaban J connectivity index is 2.97. The van der Waals surface area contributed by atoms with Gasteiger partial charge in [-0.25, -0.2) is 9.59 Å². The first kappa shape index (κ1) is 10.1. The summed E-state index contributed by atoms with van der Waals surface area (Å²) in [6.45, 7) is 0. The maximum atomic E-state index is 10.6. The summed E-state index contributed by atoms with van der Waals surface area (Å²) < 4.78 is 14.2. The minimum atomic E-state index is -5.09. The van der Waals surface area contributed by atoms with E-state index in [0.29, 0.717) is 6.08 Å². The van der Waals surface area contributed by atoms with Crippen LogP contribution in [0, 0.1) is 0 Å². The Kier molecular flexibility index (Phi) is 2.36. The smallest absolute Gasteiger partial charge is 0.345 e. The van der Waals surface area contributed by atoms with Crippen molar-refractivity contribution in [2.24, 2.45) is 0 Å². The highest BCUT2D eigenvalue weighted by Gasteiger charge is 2.34. The summed E-state index contributed by atoms with van der Waals surface area (Å²) in [6.07, 6.45) is 0.508. The normalized spacial score (nSPS) is 23.5. The molecule has 0 fully saturated rings. The number of esters is 2. The van der Waals surface area contributed by atoms with Crippen LogP contribution in [0.2, 0.25) is 0 Å². The van der Waals surface area contributed by atoms with Gasteiger partial charge in [0.05, 0.1) is 5.57 Å². The van der Waals surface area contributed by atoms with Crippen molar-refractivity contribution in [1.29, 1.82) is 0 Å². The SMILES string of the molecule is O=C1C=C(C(O)P(=O)([O-])O)C(=O)O1. The van der Waals surface area contributed by atoms with Crippen LogP contribution in [0.1, 0.15) is 0 Å². The number of carbonyl (C=O) groups is 2. The summed E-state index contributed by atoms with van der Waals surface area (Å²) in [7, 11) is -5.09. The van der Waals surface area contributed by atoms with E-state index in [0.717, 1.165) is 0 Å². The molecule has 0 saturated heterocycles. The van der Waals surface area contributed by atoms with Crippen LogP contribution >= 0.6 is 7.60 Å². The zero-order valence-corrected chi connectivity index (χ0v) is 6.93. The first-order chi connectivity index (χ1) is 5.82. The predicted molar refractivity (Wildman–Crippen MR) is 35.0 cm³/mol. The highest BCUT2D eigenvalue weighted by Crippen LogP contribution is 2.39. The second-order valence-corrected chi connectivity index (χ2v) is 3.86. The average Bonchev–Trinajstić information content (AvgIpc) is 2.26. The largest absolute Gasteiger partial charge is 0.777 e. The van der Waals surface area contributed by atoms with Crippen molar-refractivity contribution in [2.45, 2.75) is 5.85 Å². The Morgan fingerprint density at radius 1 is 1.54 bits per heavy atom. The number of aliphatic hydroxyl groups is 1. The maximum Gasteiger partial charge on any atom is 0.345 e. The van der Waals surface area contributed by atoms with Gasteiger partial charge in [-0.05, 0) is 0 Å². The first-order valence-electron chi connectivity index (χ1n) is 3.01. The van der Waals surface area contributed by atoms with E-state index >= 15 is 0 Å². The maximum absolute atomic E-state index is 10.6. The van der Waals surface area contributed by atoms with Gasteiger partial charge >= 0.3 is 11.9 Å². The third-order valence-corrected chi connectivity index (χ3v) is 2.19. The van der Waals surface area contributed by atoms with E-state index in [1.54, 1.807) is 0 Å². The van der Waals surface area contributed by atoms with Crippen molar-refractivity contribution in [2.75, 3.05) is 0 Å². The number of carbonyl (C=O) groups excluding carboxylic acids is 2. The summed E-state index contributed by atoms with van der Waals surface area (Å²) in [6, 6.07) is 0. The molecular weight excluding hydrogens is 203 g/mol. The van der Waals surface area contributed by atoms with E-state index in [1.165, 1.54) is 0 Å². The van der Waals surface area contributed by atoms with E-state index in [1.807, 2.05) is 0 Å². The molecule has 0 aromatic heterocycles. The summed E-state index contributed by atoms with van der Waals surface area (Å²) in [5.74, 6) is -4.76. The van der Waals surface area contributed by atoms with Gasteiger partial charge in [0, 0.05) is 6.08 Å². The lowest BCUT2D eigenvalue weighted by atomic mass is 10.3. The molecule has 0 bridgehead atoms. The fourth-order valence-electron chi connectivity index (χ4n) is 0.721. The Bertz CT molecular complexity index is 337. The fraction of sp³-hybridized carbons (Fsp3) is 0.200. The van der Waals surface area contributed by atoms with Crippen LogP contribution in [0.15, 0.2) is 11.6 Å². The second-order valence-electron chi connectivity index (χ2n) is 2.25. The molecule has 7 nitrogen and oxygen atoms in total. The van der Waals surface area contributed by atoms with Gasteiger partial charge in [-0.15, -0.1) is 0 Å². The Morgan fingerprint density at radius 2 is 2.08 bits per heavy atom. The molecule has 0 radical (unpaired) electrons. The molecule has 0 saturated carbocycles. The van der Waals surface area contributed by atoms with Crippen molar-refractivity contribution in [3.63, 3.8) is 0 Å². The van der Waals surface area contributed by atoms with E-state index in [9.17, 15) is 19.0 Å². The lowest BCUT2D eigenvalue weighted by Gasteiger charge is -2.21. The molecule has 1 aliphatic rings. The number of ether oxygens (including phenoxy) is 1. The number of hydrogen-bond acceptors (Lipinski definition) is 6. The van der Waals surface area contributed by atoms with Crippen molar-refractivity contribution in [1.82, 2.24) is 0 Å². The summed E-state index contributed by atoms with van der Waals surface area (Å²) in [5, 5.41) is 8.83. The third-order valence-electron chi connectivity index (χ3n) is 1.29. The third kappa shape index (κ3) is 2.02. The molecule has 8 heteroatoms. The highest BCUT2D eigenvalue weighted by molar-refractivity contribution is 7.51. The molecule has 2 unspecified atom stereocenters. The van der Waals surface area contributed by atoms with Crippen molar-refractivity contribution >= 4 is 19.5 Å². The Morgan fingerprint density at radius 3 is 2.38 bits per heavy atom. The zero-order chi connectivity index (χ0) is 10.2. The molecule has 1 rings (SSSR count). The average molecular weight is 207 g/mol.